The summed E-state index contributed by atoms with van der Waals surface area (Å²) in [5.74, 6) is 0.381. The van der Waals surface area contributed by atoms with Gasteiger partial charge >= 0.3 is 0 Å². The maximum atomic E-state index is 12.2. The monoisotopic (exact) mass is 259 g/mol. The number of carbonyl (C=O) groups excluding carboxylic acids is 2. The van der Waals surface area contributed by atoms with Gasteiger partial charge < -0.3 is 5.32 Å². The SMILES string of the molecule is CC1CC(C(=O)NC(C)c2ccccc2)CCC1=O. The molecule has 0 heterocycles. The van der Waals surface area contributed by atoms with E-state index in [0.717, 1.165) is 5.56 Å². The largest absolute Gasteiger partial charge is 0.349 e. The van der Waals surface area contributed by atoms with Crippen molar-refractivity contribution in [2.45, 2.75) is 39.2 Å². The molecule has 0 aliphatic heterocycles. The normalized spacial score (nSPS) is 24.8. The molecule has 0 aromatic heterocycles. The van der Waals surface area contributed by atoms with Gasteiger partial charge in [0.25, 0.3) is 0 Å². The fraction of sp³-hybridized carbons (Fsp3) is 0.500. The highest BCUT2D eigenvalue weighted by Gasteiger charge is 2.30. The molecule has 3 heteroatoms. The average molecular weight is 259 g/mol. The molecule has 2 rings (SSSR count). The number of Topliss-reactive ketones (excluding diaryl/α,β-unsaturated/α-hetero) is 1. The fourth-order valence-corrected chi connectivity index (χ4v) is 2.63. The summed E-state index contributed by atoms with van der Waals surface area (Å²) in [5.41, 5.74) is 1.11. The van der Waals surface area contributed by atoms with Gasteiger partial charge in [-0.2, -0.15) is 0 Å². The zero-order valence-corrected chi connectivity index (χ0v) is 11.6. The molecule has 1 amide bonds. The predicted octanol–water partition coefficient (Wildman–Crippen LogP) is 2.87. The van der Waals surface area contributed by atoms with Gasteiger partial charge in [-0.25, -0.2) is 0 Å². The standard InChI is InChI=1S/C16H21NO2/c1-11-10-14(8-9-15(11)18)16(19)17-12(2)13-6-4-3-5-7-13/h3-7,11-12,14H,8-10H2,1-2H3,(H,17,19). The molecule has 1 fully saturated rings. The zero-order chi connectivity index (χ0) is 13.8. The second-order valence-corrected chi connectivity index (χ2v) is 5.48. The molecule has 1 aromatic carbocycles. The van der Waals surface area contributed by atoms with Crippen molar-refractivity contribution >= 4 is 11.7 Å². The van der Waals surface area contributed by atoms with E-state index in [-0.39, 0.29) is 23.8 Å². The molecule has 3 atom stereocenters. The van der Waals surface area contributed by atoms with Crippen LogP contribution in [0.4, 0.5) is 0 Å². The molecule has 0 bridgehead atoms. The van der Waals surface area contributed by atoms with Crippen LogP contribution in [-0.2, 0) is 9.59 Å². The van der Waals surface area contributed by atoms with Gasteiger partial charge in [-0.05, 0) is 25.3 Å². The molecule has 1 saturated carbocycles. The van der Waals surface area contributed by atoms with Crippen LogP contribution in [0.15, 0.2) is 30.3 Å². The molecule has 3 unspecified atom stereocenters. The first-order chi connectivity index (χ1) is 9.08. The topological polar surface area (TPSA) is 46.2 Å². The molecule has 3 nitrogen and oxygen atoms in total. The molecular weight excluding hydrogens is 238 g/mol. The Morgan fingerprint density at radius 1 is 1.32 bits per heavy atom. The summed E-state index contributed by atoms with van der Waals surface area (Å²) < 4.78 is 0. The predicted molar refractivity (Wildman–Crippen MR) is 74.5 cm³/mol. The molecule has 0 radical (unpaired) electrons. The Hall–Kier alpha value is -1.64. The number of hydrogen-bond acceptors (Lipinski definition) is 2. The van der Waals surface area contributed by atoms with E-state index in [9.17, 15) is 9.59 Å². The van der Waals surface area contributed by atoms with E-state index in [0.29, 0.717) is 25.0 Å². The maximum Gasteiger partial charge on any atom is 0.223 e. The van der Waals surface area contributed by atoms with Gasteiger partial charge in [-0.1, -0.05) is 37.3 Å². The molecular formula is C16H21NO2. The molecule has 0 spiro atoms. The van der Waals surface area contributed by atoms with Gasteiger partial charge in [-0.3, -0.25) is 9.59 Å². The highest BCUT2D eigenvalue weighted by Crippen LogP contribution is 2.27. The minimum absolute atomic E-state index is 0.0149. The van der Waals surface area contributed by atoms with Crippen LogP contribution in [0.5, 0.6) is 0 Å². The molecule has 1 N–H and O–H groups in total. The lowest BCUT2D eigenvalue weighted by Crippen LogP contribution is -2.37. The third-order valence-electron chi connectivity index (χ3n) is 3.96. The Bertz CT molecular complexity index is 455. The summed E-state index contributed by atoms with van der Waals surface area (Å²) in [6.45, 7) is 3.91. The second kappa shape index (κ2) is 6.00. The molecule has 1 aliphatic rings. The molecule has 1 aromatic rings. The van der Waals surface area contributed by atoms with E-state index in [2.05, 4.69) is 5.32 Å². The van der Waals surface area contributed by atoms with Crippen LogP contribution in [0.25, 0.3) is 0 Å². The summed E-state index contributed by atoms with van der Waals surface area (Å²) in [5, 5.41) is 3.05. The van der Waals surface area contributed by atoms with Crippen LogP contribution in [0.2, 0.25) is 0 Å². The van der Waals surface area contributed by atoms with Crippen molar-refractivity contribution in [3.63, 3.8) is 0 Å². The number of nitrogens with one attached hydrogen (secondary N) is 1. The van der Waals surface area contributed by atoms with Crippen LogP contribution in [-0.4, -0.2) is 11.7 Å². The van der Waals surface area contributed by atoms with Crippen molar-refractivity contribution in [1.82, 2.24) is 5.32 Å². The minimum Gasteiger partial charge on any atom is -0.349 e. The summed E-state index contributed by atoms with van der Waals surface area (Å²) in [7, 11) is 0. The molecule has 19 heavy (non-hydrogen) atoms. The zero-order valence-electron chi connectivity index (χ0n) is 11.6. The minimum atomic E-state index is -0.0149. The third kappa shape index (κ3) is 3.43. The number of ketones is 1. The fourth-order valence-electron chi connectivity index (χ4n) is 2.63. The lowest BCUT2D eigenvalue weighted by atomic mass is 9.81. The first-order valence-electron chi connectivity index (χ1n) is 6.96. The van der Waals surface area contributed by atoms with E-state index in [1.807, 2.05) is 44.2 Å². The van der Waals surface area contributed by atoms with Crippen molar-refractivity contribution in [3.05, 3.63) is 35.9 Å². The lowest BCUT2D eigenvalue weighted by molar-refractivity contribution is -0.131. The van der Waals surface area contributed by atoms with E-state index >= 15 is 0 Å². The Morgan fingerprint density at radius 2 is 2.00 bits per heavy atom. The molecule has 102 valence electrons. The van der Waals surface area contributed by atoms with Crippen molar-refractivity contribution < 1.29 is 9.59 Å². The lowest BCUT2D eigenvalue weighted by Gasteiger charge is -2.26. The summed E-state index contributed by atoms with van der Waals surface area (Å²) in [4.78, 5) is 23.7. The number of benzene rings is 1. The Morgan fingerprint density at radius 3 is 2.63 bits per heavy atom. The Balaban J connectivity index is 1.92. The first-order valence-corrected chi connectivity index (χ1v) is 6.96. The van der Waals surface area contributed by atoms with Crippen LogP contribution in [0, 0.1) is 11.8 Å². The third-order valence-corrected chi connectivity index (χ3v) is 3.96. The summed E-state index contributed by atoms with van der Waals surface area (Å²) >= 11 is 0. The van der Waals surface area contributed by atoms with Gasteiger partial charge in [0.05, 0.1) is 6.04 Å². The summed E-state index contributed by atoms with van der Waals surface area (Å²) in [6.07, 6.45) is 1.92. The van der Waals surface area contributed by atoms with Crippen LogP contribution in [0.1, 0.15) is 44.7 Å². The van der Waals surface area contributed by atoms with E-state index in [4.69, 9.17) is 0 Å². The molecule has 0 saturated heterocycles. The van der Waals surface area contributed by atoms with E-state index in [1.54, 1.807) is 0 Å². The van der Waals surface area contributed by atoms with Gasteiger partial charge in [0.1, 0.15) is 5.78 Å². The first kappa shape index (κ1) is 13.8. The van der Waals surface area contributed by atoms with Gasteiger partial charge in [0.15, 0.2) is 0 Å². The Kier molecular flexibility index (Phi) is 4.35. The smallest absolute Gasteiger partial charge is 0.223 e. The van der Waals surface area contributed by atoms with Gasteiger partial charge in [0, 0.05) is 18.3 Å². The van der Waals surface area contributed by atoms with Crippen LogP contribution >= 0.6 is 0 Å². The van der Waals surface area contributed by atoms with Crippen LogP contribution in [0.3, 0.4) is 0 Å². The highest BCUT2D eigenvalue weighted by molar-refractivity contribution is 5.86. The average Bonchev–Trinajstić information content (AvgIpc) is 2.42. The van der Waals surface area contributed by atoms with Gasteiger partial charge in [-0.15, -0.1) is 0 Å². The van der Waals surface area contributed by atoms with Crippen molar-refractivity contribution in [3.8, 4) is 0 Å². The van der Waals surface area contributed by atoms with E-state index in [1.165, 1.54) is 0 Å². The summed E-state index contributed by atoms with van der Waals surface area (Å²) in [6, 6.07) is 9.95. The van der Waals surface area contributed by atoms with Crippen molar-refractivity contribution in [1.29, 1.82) is 0 Å². The van der Waals surface area contributed by atoms with Gasteiger partial charge in [0.2, 0.25) is 5.91 Å². The maximum absolute atomic E-state index is 12.2. The van der Waals surface area contributed by atoms with Crippen molar-refractivity contribution in [2.24, 2.45) is 11.8 Å². The number of carbonyl (C=O) groups is 2. The number of hydrogen-bond donors (Lipinski definition) is 1. The Labute approximate surface area is 114 Å². The number of rotatable bonds is 3. The highest BCUT2D eigenvalue weighted by atomic mass is 16.2. The number of amides is 1. The quantitative estimate of drug-likeness (QED) is 0.907. The molecule has 1 aliphatic carbocycles. The van der Waals surface area contributed by atoms with Crippen molar-refractivity contribution in [2.75, 3.05) is 0 Å². The second-order valence-electron chi connectivity index (χ2n) is 5.48. The van der Waals surface area contributed by atoms with E-state index < -0.39 is 0 Å². The van der Waals surface area contributed by atoms with Crippen LogP contribution < -0.4 is 5.32 Å².